The Bertz CT molecular complexity index is 151. The Balaban J connectivity index is 3.14. The summed E-state index contributed by atoms with van der Waals surface area (Å²) in [6.07, 6.45) is -1.16. The highest BCUT2D eigenvalue weighted by Gasteiger charge is 1.98. The van der Waals surface area contributed by atoms with Gasteiger partial charge in [-0.1, -0.05) is 0 Å². The molecule has 0 heterocycles. The van der Waals surface area contributed by atoms with Crippen molar-refractivity contribution in [1.82, 2.24) is 10.6 Å². The highest BCUT2D eigenvalue weighted by molar-refractivity contribution is 5.72. The highest BCUT2D eigenvalue weighted by atomic mass is 19.3. The predicted molar refractivity (Wildman–Crippen MR) is 34.3 cm³/mol. The van der Waals surface area contributed by atoms with E-state index in [0.29, 0.717) is 0 Å². The van der Waals surface area contributed by atoms with Crippen LogP contribution in [-0.4, -0.2) is 25.1 Å². The average molecular weight is 164 g/mol. The number of halogens is 1. The third kappa shape index (κ3) is 6.56. The second kappa shape index (κ2) is 5.45. The van der Waals surface area contributed by atoms with Crippen LogP contribution in [0, 0.1) is 0 Å². The van der Waals surface area contributed by atoms with Gasteiger partial charge in [0, 0.05) is 24.5 Å². The molecule has 0 fully saturated rings. The molecule has 0 atom stereocenters. The Labute approximate surface area is 62.8 Å². The third-order valence-electron chi connectivity index (χ3n) is 0.838. The molecule has 0 aromatic heterocycles. The summed E-state index contributed by atoms with van der Waals surface area (Å²) in [5.41, 5.74) is 0. The second-order valence-electron chi connectivity index (χ2n) is 1.77. The number of rotatable bonds is 3. The molecule has 0 aliphatic carbocycles. The molecule has 5 nitrogen and oxygen atoms in total. The van der Waals surface area contributed by atoms with Gasteiger partial charge < -0.3 is 10.6 Å². The predicted octanol–water partition coefficient (Wildman–Crippen LogP) is -0.267. The minimum absolute atomic E-state index is 0.141. The van der Waals surface area contributed by atoms with Gasteiger partial charge in [0.25, 0.3) is 0 Å². The van der Waals surface area contributed by atoms with Crippen LogP contribution >= 0.6 is 0 Å². The van der Waals surface area contributed by atoms with E-state index in [9.17, 15) is 14.1 Å². The van der Waals surface area contributed by atoms with E-state index < -0.39 is 6.09 Å². The number of amides is 2. The molecule has 11 heavy (non-hydrogen) atoms. The molecule has 2 amide bonds. The molecule has 64 valence electrons. The van der Waals surface area contributed by atoms with Crippen LogP contribution in [0.4, 0.5) is 9.32 Å². The Morgan fingerprint density at radius 3 is 2.36 bits per heavy atom. The number of hydrogen-bond acceptors (Lipinski definition) is 3. The van der Waals surface area contributed by atoms with Gasteiger partial charge in [-0.2, -0.15) is 0 Å². The van der Waals surface area contributed by atoms with E-state index >= 15 is 0 Å². The van der Waals surface area contributed by atoms with Gasteiger partial charge in [0.05, 0.1) is 0 Å². The van der Waals surface area contributed by atoms with E-state index in [4.69, 9.17) is 0 Å². The van der Waals surface area contributed by atoms with Crippen LogP contribution in [0.1, 0.15) is 6.92 Å². The van der Waals surface area contributed by atoms with Crippen LogP contribution in [0.2, 0.25) is 0 Å². The van der Waals surface area contributed by atoms with Crippen LogP contribution in [-0.2, 0) is 9.74 Å². The topological polar surface area (TPSA) is 67.4 Å². The maximum atomic E-state index is 11.0. The lowest BCUT2D eigenvalue weighted by molar-refractivity contribution is -0.118. The summed E-state index contributed by atoms with van der Waals surface area (Å²) in [6, 6.07) is 0. The van der Waals surface area contributed by atoms with Crippen molar-refractivity contribution in [3.63, 3.8) is 0 Å². The molecular weight excluding hydrogens is 155 g/mol. The molecule has 0 unspecified atom stereocenters. The first-order chi connectivity index (χ1) is 5.16. The molecule has 0 saturated carbocycles. The van der Waals surface area contributed by atoms with Crippen molar-refractivity contribution in [3.8, 4) is 0 Å². The van der Waals surface area contributed by atoms with E-state index in [1.54, 1.807) is 0 Å². The number of carbonyl (C=O) groups is 2. The van der Waals surface area contributed by atoms with Gasteiger partial charge in [0.2, 0.25) is 5.91 Å². The minimum Gasteiger partial charge on any atom is -0.355 e. The lowest BCUT2D eigenvalue weighted by Gasteiger charge is -2.00. The van der Waals surface area contributed by atoms with Crippen molar-refractivity contribution in [2.75, 3.05) is 13.1 Å². The molecule has 0 spiro atoms. The number of hydrogen-bond donors (Lipinski definition) is 2. The van der Waals surface area contributed by atoms with Crippen LogP contribution in [0.25, 0.3) is 0 Å². The zero-order valence-corrected chi connectivity index (χ0v) is 6.02. The first kappa shape index (κ1) is 9.67. The minimum atomic E-state index is -1.16. The van der Waals surface area contributed by atoms with Crippen LogP contribution in [0.15, 0.2) is 0 Å². The van der Waals surface area contributed by atoms with Gasteiger partial charge in [0.1, 0.15) is 0 Å². The van der Waals surface area contributed by atoms with Crippen molar-refractivity contribution in [2.45, 2.75) is 6.92 Å². The summed E-state index contributed by atoms with van der Waals surface area (Å²) in [4.78, 5) is 23.1. The smallest absolute Gasteiger partial charge is 0.355 e. The van der Waals surface area contributed by atoms with Crippen LogP contribution in [0.5, 0.6) is 0 Å². The standard InChI is InChI=1S/C5H9FN2O3/c1-4(9)7-2-3-8-5(10)11-6/h2-3H2,1H3,(H,7,9)(H,8,10). The fourth-order valence-electron chi connectivity index (χ4n) is 0.430. The zero-order chi connectivity index (χ0) is 8.69. The van der Waals surface area contributed by atoms with E-state index in [2.05, 4.69) is 10.3 Å². The van der Waals surface area contributed by atoms with Crippen LogP contribution < -0.4 is 10.6 Å². The summed E-state index contributed by atoms with van der Waals surface area (Å²) in [6.45, 7) is 1.74. The maximum Gasteiger partial charge on any atom is 0.444 e. The zero-order valence-electron chi connectivity index (χ0n) is 6.02. The van der Waals surface area contributed by atoms with Crippen molar-refractivity contribution >= 4 is 12.0 Å². The Morgan fingerprint density at radius 2 is 1.91 bits per heavy atom. The molecule has 0 saturated heterocycles. The first-order valence-corrected chi connectivity index (χ1v) is 2.97. The molecule has 0 aliphatic rings. The Hall–Kier alpha value is -1.33. The fraction of sp³-hybridized carbons (Fsp3) is 0.600. The van der Waals surface area contributed by atoms with Gasteiger partial charge in [-0.15, -0.1) is 0 Å². The summed E-state index contributed by atoms with van der Waals surface area (Å²) in [5.74, 6) is -0.208. The summed E-state index contributed by atoms with van der Waals surface area (Å²) in [5, 5.41) is 4.43. The van der Waals surface area contributed by atoms with E-state index in [0.717, 1.165) is 0 Å². The second-order valence-corrected chi connectivity index (χ2v) is 1.77. The van der Waals surface area contributed by atoms with Gasteiger partial charge in [-0.05, 0) is 0 Å². The molecule has 0 rings (SSSR count). The van der Waals surface area contributed by atoms with Gasteiger partial charge >= 0.3 is 6.09 Å². The molecule has 2 N–H and O–H groups in total. The van der Waals surface area contributed by atoms with E-state index in [1.807, 2.05) is 5.32 Å². The lowest BCUT2D eigenvalue weighted by atomic mass is 10.6. The summed E-state index contributed by atoms with van der Waals surface area (Å²) < 4.78 is 11.0. The third-order valence-corrected chi connectivity index (χ3v) is 0.838. The van der Waals surface area contributed by atoms with Crippen LogP contribution in [0.3, 0.4) is 0 Å². The van der Waals surface area contributed by atoms with E-state index in [1.165, 1.54) is 6.92 Å². The van der Waals surface area contributed by atoms with Gasteiger partial charge in [0.15, 0.2) is 0 Å². The van der Waals surface area contributed by atoms with E-state index in [-0.39, 0.29) is 19.0 Å². The fourth-order valence-corrected chi connectivity index (χ4v) is 0.430. The maximum absolute atomic E-state index is 11.0. The number of carbonyl (C=O) groups excluding carboxylic acids is 2. The normalized spacial score (nSPS) is 8.55. The summed E-state index contributed by atoms with van der Waals surface area (Å²) in [7, 11) is 0. The van der Waals surface area contributed by atoms with Crippen molar-refractivity contribution in [2.24, 2.45) is 0 Å². The largest absolute Gasteiger partial charge is 0.444 e. The molecule has 0 aromatic rings. The average Bonchev–Trinajstić information content (AvgIpc) is 1.97. The molecule has 0 bridgehead atoms. The molecule has 0 aliphatic heterocycles. The van der Waals surface area contributed by atoms with Crippen molar-refractivity contribution in [3.05, 3.63) is 0 Å². The van der Waals surface area contributed by atoms with Gasteiger partial charge in [-0.25, -0.2) is 9.74 Å². The molecule has 6 heteroatoms. The number of nitrogens with one attached hydrogen (secondary N) is 2. The SMILES string of the molecule is CC(=O)NCCNC(=O)OF. The molecular formula is C5H9FN2O3. The quantitative estimate of drug-likeness (QED) is 0.564. The first-order valence-electron chi connectivity index (χ1n) is 2.97. The van der Waals surface area contributed by atoms with Gasteiger partial charge in [-0.3, -0.25) is 4.79 Å². The molecule has 0 aromatic carbocycles. The Morgan fingerprint density at radius 1 is 1.36 bits per heavy atom. The monoisotopic (exact) mass is 164 g/mol. The highest BCUT2D eigenvalue weighted by Crippen LogP contribution is 1.73. The Kier molecular flexibility index (Phi) is 4.80. The lowest BCUT2D eigenvalue weighted by Crippen LogP contribution is -2.33. The van der Waals surface area contributed by atoms with Crippen molar-refractivity contribution in [1.29, 1.82) is 0 Å². The van der Waals surface area contributed by atoms with Crippen molar-refractivity contribution < 1.29 is 19.1 Å². The molecule has 0 radical (unpaired) electrons. The summed E-state index contributed by atoms with van der Waals surface area (Å²) >= 11 is 0.